The Balaban J connectivity index is 1.41. The van der Waals surface area contributed by atoms with Gasteiger partial charge in [-0.05, 0) is 47.2 Å². The molecule has 150 valence electrons. The monoisotopic (exact) mass is 407 g/mol. The predicted molar refractivity (Wildman–Crippen MR) is 113 cm³/mol. The van der Waals surface area contributed by atoms with Gasteiger partial charge >= 0.3 is 0 Å². The summed E-state index contributed by atoms with van der Waals surface area (Å²) in [6, 6.07) is 20.5. The average Bonchev–Trinajstić information content (AvgIpc) is 3.52. The van der Waals surface area contributed by atoms with Gasteiger partial charge in [0, 0.05) is 12.6 Å². The molecule has 0 N–H and O–H groups in total. The minimum atomic E-state index is 0.132. The lowest BCUT2D eigenvalue weighted by Gasteiger charge is -2.29. The zero-order valence-electron chi connectivity index (χ0n) is 16.5. The van der Waals surface area contributed by atoms with Gasteiger partial charge in [0.15, 0.2) is 0 Å². The molecule has 1 aliphatic carbocycles. The summed E-state index contributed by atoms with van der Waals surface area (Å²) in [7, 11) is 0. The van der Waals surface area contributed by atoms with Crippen LogP contribution in [0.15, 0.2) is 65.8 Å². The predicted octanol–water partition coefficient (Wildman–Crippen LogP) is 3.64. The smallest absolute Gasteiger partial charge is 0.233 e. The molecular weight excluding hydrogens is 382 g/mol. The van der Waals surface area contributed by atoms with Crippen LogP contribution in [0.2, 0.25) is 0 Å². The molecule has 1 aliphatic rings. The Kier molecular flexibility index (Phi) is 6.24. The molecule has 1 atom stereocenters. The number of thioether (sulfide) groups is 1. The molecule has 1 fully saturated rings. The van der Waals surface area contributed by atoms with E-state index in [2.05, 4.69) is 34.6 Å². The number of carbonyl (C=O) groups excluding carboxylic acids is 1. The zero-order valence-corrected chi connectivity index (χ0v) is 17.3. The van der Waals surface area contributed by atoms with E-state index in [4.69, 9.17) is 0 Å². The van der Waals surface area contributed by atoms with Crippen molar-refractivity contribution >= 4 is 17.7 Å². The van der Waals surface area contributed by atoms with Crippen LogP contribution in [-0.4, -0.2) is 42.8 Å². The summed E-state index contributed by atoms with van der Waals surface area (Å²) in [4.78, 5) is 15.1. The molecular formula is C22H25N5OS. The van der Waals surface area contributed by atoms with E-state index in [1.165, 1.54) is 24.6 Å². The van der Waals surface area contributed by atoms with E-state index in [1.54, 1.807) is 4.68 Å². The summed E-state index contributed by atoms with van der Waals surface area (Å²) in [5.41, 5.74) is 2.29. The van der Waals surface area contributed by atoms with Crippen LogP contribution in [0.3, 0.4) is 0 Å². The van der Waals surface area contributed by atoms with Gasteiger partial charge in [0.05, 0.1) is 12.3 Å². The first-order chi connectivity index (χ1) is 14.2. The highest BCUT2D eigenvalue weighted by Gasteiger charge is 2.34. The van der Waals surface area contributed by atoms with Gasteiger partial charge in [-0.1, -0.05) is 72.4 Å². The summed E-state index contributed by atoms with van der Waals surface area (Å²) >= 11 is 1.41. The molecule has 4 rings (SSSR count). The highest BCUT2D eigenvalue weighted by Crippen LogP contribution is 2.36. The largest absolute Gasteiger partial charge is 0.335 e. The highest BCUT2D eigenvalue weighted by atomic mass is 32.2. The molecule has 1 saturated carbocycles. The normalized spacial score (nSPS) is 14.5. The summed E-state index contributed by atoms with van der Waals surface area (Å²) < 4.78 is 1.75. The van der Waals surface area contributed by atoms with E-state index in [-0.39, 0.29) is 11.9 Å². The Bertz CT molecular complexity index is 927. The minimum Gasteiger partial charge on any atom is -0.335 e. The number of tetrazole rings is 1. The van der Waals surface area contributed by atoms with Crippen molar-refractivity contribution in [2.75, 3.05) is 5.75 Å². The summed E-state index contributed by atoms with van der Waals surface area (Å²) in [6.45, 7) is 3.41. The molecule has 0 radical (unpaired) electrons. The number of hydrogen-bond acceptors (Lipinski definition) is 5. The van der Waals surface area contributed by atoms with Crippen LogP contribution in [0.25, 0.3) is 0 Å². The Hall–Kier alpha value is -2.67. The van der Waals surface area contributed by atoms with Crippen LogP contribution in [-0.2, 0) is 17.9 Å². The van der Waals surface area contributed by atoms with Crippen LogP contribution >= 0.6 is 11.8 Å². The van der Waals surface area contributed by atoms with Crippen molar-refractivity contribution in [1.82, 2.24) is 25.1 Å². The number of amides is 1. The van der Waals surface area contributed by atoms with E-state index in [1.807, 2.05) is 53.4 Å². The highest BCUT2D eigenvalue weighted by molar-refractivity contribution is 7.99. The lowest BCUT2D eigenvalue weighted by atomic mass is 10.1. The van der Waals surface area contributed by atoms with Crippen molar-refractivity contribution in [2.45, 2.75) is 44.1 Å². The first-order valence-corrected chi connectivity index (χ1v) is 11.0. The van der Waals surface area contributed by atoms with Crippen molar-refractivity contribution in [3.05, 3.63) is 71.8 Å². The Labute approximate surface area is 175 Å². The molecule has 7 heteroatoms. The SMILES string of the molecule is CC(C1CC1)N(Cc1ccccc1)C(=O)CSc1nnnn1Cc1ccccc1. The zero-order chi connectivity index (χ0) is 20.1. The van der Waals surface area contributed by atoms with Crippen molar-refractivity contribution in [3.63, 3.8) is 0 Å². The first kappa shape index (κ1) is 19.6. The maximum Gasteiger partial charge on any atom is 0.233 e. The molecule has 29 heavy (non-hydrogen) atoms. The van der Waals surface area contributed by atoms with Crippen LogP contribution in [0.1, 0.15) is 30.9 Å². The standard InChI is InChI=1S/C22H25N5OS/c1-17(20-12-13-20)26(14-18-8-4-2-5-9-18)21(28)16-29-22-23-24-25-27(22)15-19-10-6-3-7-11-19/h2-11,17,20H,12-16H2,1H3. The Morgan fingerprint density at radius 2 is 1.76 bits per heavy atom. The Morgan fingerprint density at radius 3 is 2.41 bits per heavy atom. The first-order valence-electron chi connectivity index (χ1n) is 9.97. The van der Waals surface area contributed by atoms with E-state index in [9.17, 15) is 4.79 Å². The van der Waals surface area contributed by atoms with Gasteiger partial charge in [0.1, 0.15) is 0 Å². The second kappa shape index (κ2) is 9.22. The third-order valence-electron chi connectivity index (χ3n) is 5.31. The molecule has 1 aromatic heterocycles. The third-order valence-corrected chi connectivity index (χ3v) is 6.25. The molecule has 3 aromatic rings. The van der Waals surface area contributed by atoms with Crippen molar-refractivity contribution in [2.24, 2.45) is 5.92 Å². The number of aromatic nitrogens is 4. The third kappa shape index (κ3) is 5.23. The lowest BCUT2D eigenvalue weighted by molar-refractivity contribution is -0.131. The molecule has 0 spiro atoms. The molecule has 0 bridgehead atoms. The van der Waals surface area contributed by atoms with Gasteiger partial charge in [0.2, 0.25) is 11.1 Å². The number of benzene rings is 2. The second-order valence-electron chi connectivity index (χ2n) is 7.48. The van der Waals surface area contributed by atoms with Crippen LogP contribution in [0.4, 0.5) is 0 Å². The summed E-state index contributed by atoms with van der Waals surface area (Å²) in [6.07, 6.45) is 2.42. The fourth-order valence-corrected chi connectivity index (χ4v) is 4.20. The van der Waals surface area contributed by atoms with E-state index in [0.29, 0.717) is 29.9 Å². The minimum absolute atomic E-state index is 0.132. The van der Waals surface area contributed by atoms with E-state index >= 15 is 0 Å². The van der Waals surface area contributed by atoms with E-state index in [0.717, 1.165) is 11.1 Å². The topological polar surface area (TPSA) is 63.9 Å². The van der Waals surface area contributed by atoms with Crippen molar-refractivity contribution in [1.29, 1.82) is 0 Å². The molecule has 2 aromatic carbocycles. The molecule has 1 amide bonds. The van der Waals surface area contributed by atoms with Crippen molar-refractivity contribution in [3.8, 4) is 0 Å². The van der Waals surface area contributed by atoms with Crippen molar-refractivity contribution < 1.29 is 4.79 Å². The van der Waals surface area contributed by atoms with Gasteiger partial charge in [-0.25, -0.2) is 4.68 Å². The molecule has 1 heterocycles. The maximum absolute atomic E-state index is 13.1. The summed E-state index contributed by atoms with van der Waals surface area (Å²) in [5, 5.41) is 12.7. The Morgan fingerprint density at radius 1 is 1.10 bits per heavy atom. The second-order valence-corrected chi connectivity index (χ2v) is 8.42. The van der Waals surface area contributed by atoms with Crippen LogP contribution < -0.4 is 0 Å². The van der Waals surface area contributed by atoms with Gasteiger partial charge in [-0.3, -0.25) is 4.79 Å². The molecule has 1 unspecified atom stereocenters. The molecule has 0 aliphatic heterocycles. The number of hydrogen-bond donors (Lipinski definition) is 0. The van der Waals surface area contributed by atoms with E-state index < -0.39 is 0 Å². The number of carbonyl (C=O) groups is 1. The molecule has 6 nitrogen and oxygen atoms in total. The van der Waals surface area contributed by atoms with Gasteiger partial charge < -0.3 is 4.90 Å². The lowest BCUT2D eigenvalue weighted by Crippen LogP contribution is -2.40. The quantitative estimate of drug-likeness (QED) is 0.507. The molecule has 0 saturated heterocycles. The fraction of sp³-hybridized carbons (Fsp3) is 0.364. The summed E-state index contributed by atoms with van der Waals surface area (Å²) in [5.74, 6) is 1.09. The fourth-order valence-electron chi connectivity index (χ4n) is 3.44. The van der Waals surface area contributed by atoms with Crippen LogP contribution in [0.5, 0.6) is 0 Å². The van der Waals surface area contributed by atoms with Gasteiger partial charge in [0.25, 0.3) is 0 Å². The number of nitrogens with zero attached hydrogens (tertiary/aromatic N) is 5. The number of rotatable bonds is 9. The van der Waals surface area contributed by atoms with Gasteiger partial charge in [-0.2, -0.15) is 0 Å². The van der Waals surface area contributed by atoms with Crippen LogP contribution in [0, 0.1) is 5.92 Å². The average molecular weight is 408 g/mol. The maximum atomic E-state index is 13.1. The van der Waals surface area contributed by atoms with Gasteiger partial charge in [-0.15, -0.1) is 5.10 Å².